The highest BCUT2D eigenvalue weighted by atomic mass is 16.5. The Bertz CT molecular complexity index is 754. The lowest BCUT2D eigenvalue weighted by Crippen LogP contribution is -2.56. The standard InChI is InChI=1S/C12H15N3O6/c1-5(16)21-4-6-3-7-9(17)10(18)8(6)15-12(20)13(2)11(19)14(7)15/h3,7-10,17-18H,4H2,1-2H3. The Labute approximate surface area is 118 Å². The van der Waals surface area contributed by atoms with Crippen LogP contribution in [0.5, 0.6) is 0 Å². The Kier molecular flexibility index (Phi) is 2.92. The number of esters is 1. The van der Waals surface area contributed by atoms with Crippen molar-refractivity contribution in [3.8, 4) is 0 Å². The molecule has 3 heterocycles. The number of hydrogen-bond acceptors (Lipinski definition) is 6. The second kappa shape index (κ2) is 4.43. The van der Waals surface area contributed by atoms with Gasteiger partial charge in [0, 0.05) is 14.0 Å². The molecule has 4 atom stereocenters. The smallest absolute Gasteiger partial charge is 0.347 e. The van der Waals surface area contributed by atoms with Crippen LogP contribution < -0.4 is 11.4 Å². The first-order valence-electron chi connectivity index (χ1n) is 6.44. The molecule has 4 unspecified atom stereocenters. The molecule has 2 aliphatic heterocycles. The number of rotatable bonds is 2. The first-order valence-corrected chi connectivity index (χ1v) is 6.44. The Morgan fingerprint density at radius 2 is 1.86 bits per heavy atom. The number of aliphatic hydroxyl groups is 2. The number of ether oxygens (including phenoxy) is 1. The highest BCUT2D eigenvalue weighted by Gasteiger charge is 2.48. The molecule has 2 bridgehead atoms. The molecule has 0 fully saturated rings. The summed E-state index contributed by atoms with van der Waals surface area (Å²) in [5, 5.41) is 20.2. The number of carbonyl (C=O) groups is 1. The predicted octanol–water partition coefficient (Wildman–Crippen LogP) is -2.33. The van der Waals surface area contributed by atoms with Gasteiger partial charge in [-0.1, -0.05) is 6.08 Å². The molecule has 114 valence electrons. The minimum absolute atomic E-state index is 0.101. The first-order chi connectivity index (χ1) is 9.84. The third-order valence-corrected chi connectivity index (χ3v) is 3.97. The largest absolute Gasteiger partial charge is 0.461 e. The maximum Gasteiger partial charge on any atom is 0.347 e. The Hall–Kier alpha value is -2.13. The summed E-state index contributed by atoms with van der Waals surface area (Å²) in [6.07, 6.45) is -0.883. The fourth-order valence-electron chi connectivity index (χ4n) is 2.96. The van der Waals surface area contributed by atoms with Gasteiger partial charge >= 0.3 is 17.3 Å². The van der Waals surface area contributed by atoms with Crippen molar-refractivity contribution in [1.82, 2.24) is 13.9 Å². The van der Waals surface area contributed by atoms with Gasteiger partial charge in [0.05, 0.1) is 0 Å². The van der Waals surface area contributed by atoms with E-state index in [1.54, 1.807) is 6.08 Å². The zero-order valence-corrected chi connectivity index (χ0v) is 11.5. The van der Waals surface area contributed by atoms with Crippen molar-refractivity contribution in [2.45, 2.75) is 31.2 Å². The highest BCUT2D eigenvalue weighted by molar-refractivity contribution is 5.66. The molecule has 0 radical (unpaired) electrons. The van der Waals surface area contributed by atoms with E-state index in [4.69, 9.17) is 4.74 Å². The number of fused-ring (bicyclic) bond motifs is 1. The van der Waals surface area contributed by atoms with Crippen LogP contribution in [0.1, 0.15) is 19.0 Å². The average Bonchev–Trinajstić information content (AvgIpc) is 2.67. The number of carbonyl (C=O) groups excluding carboxylic acids is 1. The van der Waals surface area contributed by atoms with Gasteiger partial charge in [-0.2, -0.15) is 0 Å². The van der Waals surface area contributed by atoms with Gasteiger partial charge in [0.15, 0.2) is 0 Å². The van der Waals surface area contributed by atoms with Crippen LogP contribution >= 0.6 is 0 Å². The number of aromatic nitrogens is 3. The molecule has 0 aromatic carbocycles. The van der Waals surface area contributed by atoms with Gasteiger partial charge in [0.1, 0.15) is 30.9 Å². The third kappa shape index (κ3) is 1.74. The summed E-state index contributed by atoms with van der Waals surface area (Å²) in [5.74, 6) is -0.495. The molecule has 3 aliphatic rings. The Balaban J connectivity index is 2.14. The van der Waals surface area contributed by atoms with E-state index in [0.717, 1.165) is 13.9 Å². The van der Waals surface area contributed by atoms with Crippen LogP contribution in [-0.4, -0.2) is 48.9 Å². The van der Waals surface area contributed by atoms with Gasteiger partial charge in [-0.05, 0) is 5.57 Å². The fraction of sp³-hybridized carbons (Fsp3) is 0.583. The lowest BCUT2D eigenvalue weighted by molar-refractivity contribution is -0.140. The van der Waals surface area contributed by atoms with E-state index in [1.165, 1.54) is 14.0 Å². The van der Waals surface area contributed by atoms with E-state index in [9.17, 15) is 24.6 Å². The molecule has 1 aromatic rings. The third-order valence-electron chi connectivity index (χ3n) is 3.97. The summed E-state index contributed by atoms with van der Waals surface area (Å²) >= 11 is 0. The van der Waals surface area contributed by atoms with Crippen LogP contribution in [0.2, 0.25) is 0 Å². The van der Waals surface area contributed by atoms with Gasteiger partial charge in [-0.25, -0.2) is 23.5 Å². The predicted molar refractivity (Wildman–Crippen MR) is 68.7 cm³/mol. The molecule has 1 aromatic heterocycles. The molecule has 2 N–H and O–H groups in total. The van der Waals surface area contributed by atoms with Gasteiger partial charge < -0.3 is 14.9 Å². The number of hydrogen-bond donors (Lipinski definition) is 2. The quantitative estimate of drug-likeness (QED) is 0.467. The summed E-state index contributed by atoms with van der Waals surface area (Å²) in [4.78, 5) is 35.1. The van der Waals surface area contributed by atoms with E-state index in [0.29, 0.717) is 5.57 Å². The molecular weight excluding hydrogens is 282 g/mol. The summed E-state index contributed by atoms with van der Waals surface area (Å²) < 4.78 is 8.05. The molecule has 0 saturated carbocycles. The normalized spacial score (nSPS) is 30.0. The van der Waals surface area contributed by atoms with Crippen molar-refractivity contribution in [1.29, 1.82) is 0 Å². The van der Waals surface area contributed by atoms with Crippen molar-refractivity contribution in [2.24, 2.45) is 7.05 Å². The SMILES string of the molecule is CC(=O)OCC1=CC2C(O)C(O)C1n1c(=O)n(C)c(=O)n12. The van der Waals surface area contributed by atoms with E-state index in [2.05, 4.69) is 0 Å². The molecular formula is C12H15N3O6. The van der Waals surface area contributed by atoms with E-state index in [-0.39, 0.29) is 6.61 Å². The Morgan fingerprint density at radius 3 is 2.48 bits per heavy atom. The van der Waals surface area contributed by atoms with Gasteiger partial charge in [-0.3, -0.25) is 4.79 Å². The maximum absolute atomic E-state index is 12.1. The molecule has 4 rings (SSSR count). The molecule has 0 spiro atoms. The van der Waals surface area contributed by atoms with Crippen LogP contribution in [0, 0.1) is 0 Å². The summed E-state index contributed by atoms with van der Waals surface area (Å²) in [7, 11) is 1.33. The molecule has 0 saturated heterocycles. The lowest BCUT2D eigenvalue weighted by Gasteiger charge is -2.43. The minimum atomic E-state index is -1.25. The molecule has 21 heavy (non-hydrogen) atoms. The first kappa shape index (κ1) is 13.8. The maximum atomic E-state index is 12.1. The van der Waals surface area contributed by atoms with Gasteiger partial charge in [-0.15, -0.1) is 0 Å². The fourth-order valence-corrected chi connectivity index (χ4v) is 2.96. The van der Waals surface area contributed by atoms with Crippen LogP contribution in [-0.2, 0) is 16.6 Å². The van der Waals surface area contributed by atoms with Crippen LogP contribution in [0.3, 0.4) is 0 Å². The monoisotopic (exact) mass is 297 g/mol. The molecule has 1 aliphatic carbocycles. The zero-order valence-electron chi connectivity index (χ0n) is 11.5. The number of aliphatic hydroxyl groups excluding tert-OH is 2. The van der Waals surface area contributed by atoms with E-state index in [1.807, 2.05) is 0 Å². The van der Waals surface area contributed by atoms with E-state index >= 15 is 0 Å². The van der Waals surface area contributed by atoms with Crippen molar-refractivity contribution in [3.05, 3.63) is 32.6 Å². The molecule has 0 amide bonds. The van der Waals surface area contributed by atoms with Crippen LogP contribution in [0.15, 0.2) is 21.2 Å². The average molecular weight is 297 g/mol. The van der Waals surface area contributed by atoms with Gasteiger partial charge in [0.2, 0.25) is 0 Å². The van der Waals surface area contributed by atoms with Crippen LogP contribution in [0.25, 0.3) is 0 Å². The summed E-state index contributed by atoms with van der Waals surface area (Å²) in [5.41, 5.74) is -0.668. The second-order valence-corrected chi connectivity index (χ2v) is 5.25. The lowest BCUT2D eigenvalue weighted by atomic mass is 9.84. The summed E-state index contributed by atoms with van der Waals surface area (Å²) in [6.45, 7) is 1.15. The van der Waals surface area contributed by atoms with Crippen molar-refractivity contribution in [3.63, 3.8) is 0 Å². The Morgan fingerprint density at radius 1 is 1.24 bits per heavy atom. The van der Waals surface area contributed by atoms with Crippen LogP contribution in [0.4, 0.5) is 0 Å². The molecule has 9 nitrogen and oxygen atoms in total. The zero-order chi connectivity index (χ0) is 15.5. The number of nitrogens with zero attached hydrogens (tertiary/aromatic N) is 3. The van der Waals surface area contributed by atoms with Crippen molar-refractivity contribution < 1.29 is 19.7 Å². The van der Waals surface area contributed by atoms with Crippen molar-refractivity contribution >= 4 is 5.97 Å². The second-order valence-electron chi connectivity index (χ2n) is 5.25. The highest BCUT2D eigenvalue weighted by Crippen LogP contribution is 2.39. The van der Waals surface area contributed by atoms with E-state index < -0.39 is 41.6 Å². The summed E-state index contributed by atoms with van der Waals surface area (Å²) in [6, 6.07) is -1.79. The topological polar surface area (TPSA) is 116 Å². The minimum Gasteiger partial charge on any atom is -0.461 e. The van der Waals surface area contributed by atoms with Crippen molar-refractivity contribution in [2.75, 3.05) is 6.61 Å². The van der Waals surface area contributed by atoms with Gasteiger partial charge in [0.25, 0.3) is 0 Å². The molecule has 9 heteroatoms.